The van der Waals surface area contributed by atoms with Crippen LogP contribution >= 0.6 is 0 Å². The van der Waals surface area contributed by atoms with E-state index in [2.05, 4.69) is 31.2 Å². The normalized spacial score (nSPS) is 25.1. The number of rotatable bonds is 11. The number of aliphatic hydroxyl groups is 4. The number of fused-ring (bicyclic) bond motifs is 1. The molecule has 6 atom stereocenters. The number of hydrogen-bond acceptors (Lipinski definition) is 12. The Morgan fingerprint density at radius 2 is 1.54 bits per heavy atom. The van der Waals surface area contributed by atoms with Crippen LogP contribution in [0.4, 0.5) is 16.6 Å². The van der Waals surface area contributed by atoms with Gasteiger partial charge in [-0.05, 0) is 44.0 Å². The number of nitrogens with zero attached hydrogens (tertiary/aromatic N) is 6. The summed E-state index contributed by atoms with van der Waals surface area (Å²) in [5, 5.41) is 55.6. The van der Waals surface area contributed by atoms with Crippen LogP contribution < -0.4 is 26.2 Å². The van der Waals surface area contributed by atoms with E-state index >= 15 is 0 Å². The van der Waals surface area contributed by atoms with Gasteiger partial charge in [0, 0.05) is 31.7 Å². The molecule has 0 bridgehead atoms. The summed E-state index contributed by atoms with van der Waals surface area (Å²) >= 11 is 0. The number of likely N-dealkylation sites (N-methyl/N-ethyl adjacent to an activating group) is 1. The summed E-state index contributed by atoms with van der Waals surface area (Å²) in [7, 11) is 2.03. The molecule has 16 heteroatoms. The molecule has 4 heterocycles. The molecule has 2 aromatic heterocycles. The summed E-state index contributed by atoms with van der Waals surface area (Å²) in [5.74, 6) is 0.0518. The Morgan fingerprint density at radius 1 is 0.885 bits per heavy atom. The first kappa shape index (κ1) is 35.5. The van der Waals surface area contributed by atoms with Crippen LogP contribution in [-0.4, -0.2) is 133 Å². The molecule has 3 aliphatic rings. The number of aliphatic hydroxyl groups excluding tert-OH is 3. The molecule has 16 nitrogen and oxygen atoms in total. The zero-order chi connectivity index (χ0) is 36.4. The van der Waals surface area contributed by atoms with Crippen molar-refractivity contribution in [2.45, 2.75) is 61.2 Å². The Hall–Kier alpha value is -4.87. The maximum atomic E-state index is 12.9. The predicted molar refractivity (Wildman–Crippen MR) is 193 cm³/mol. The van der Waals surface area contributed by atoms with Gasteiger partial charge in [-0.3, -0.25) is 4.79 Å². The number of urea groups is 1. The zero-order valence-corrected chi connectivity index (χ0v) is 29.0. The minimum absolute atomic E-state index is 0.0280. The van der Waals surface area contributed by atoms with Gasteiger partial charge in [-0.1, -0.05) is 60.7 Å². The Balaban J connectivity index is 1.19. The van der Waals surface area contributed by atoms with E-state index in [-0.39, 0.29) is 31.1 Å². The molecule has 2 aliphatic heterocycles. The smallest absolute Gasteiger partial charge is 0.315 e. The Kier molecular flexibility index (Phi) is 10.3. The Labute approximate surface area is 300 Å². The lowest BCUT2D eigenvalue weighted by Crippen LogP contribution is -2.47. The maximum Gasteiger partial charge on any atom is 0.315 e. The van der Waals surface area contributed by atoms with Gasteiger partial charge >= 0.3 is 6.03 Å². The van der Waals surface area contributed by atoms with E-state index in [1.54, 1.807) is 4.57 Å². The van der Waals surface area contributed by atoms with Crippen molar-refractivity contribution in [2.75, 3.05) is 56.6 Å². The Bertz CT molecular complexity index is 1820. The molecular weight excluding hydrogens is 668 g/mol. The number of amides is 3. The van der Waals surface area contributed by atoms with Gasteiger partial charge in [-0.15, -0.1) is 0 Å². The number of benzene rings is 2. The zero-order valence-electron chi connectivity index (χ0n) is 29.0. The van der Waals surface area contributed by atoms with E-state index in [0.29, 0.717) is 53.6 Å². The van der Waals surface area contributed by atoms with Gasteiger partial charge in [0.05, 0.1) is 25.0 Å². The molecule has 0 radical (unpaired) electrons. The van der Waals surface area contributed by atoms with Crippen molar-refractivity contribution in [3.8, 4) is 0 Å². The van der Waals surface area contributed by atoms with E-state index < -0.39 is 42.4 Å². The summed E-state index contributed by atoms with van der Waals surface area (Å²) < 4.78 is 1.67. The lowest BCUT2D eigenvalue weighted by Gasteiger charge is -2.30. The maximum absolute atomic E-state index is 12.9. The fourth-order valence-electron chi connectivity index (χ4n) is 7.63. The lowest BCUT2D eigenvalue weighted by atomic mass is 9.86. The predicted octanol–water partition coefficient (Wildman–Crippen LogP) is -0.1000. The molecule has 276 valence electrons. The quantitative estimate of drug-likeness (QED) is 0.102. The summed E-state index contributed by atoms with van der Waals surface area (Å²) in [4.78, 5) is 43.4. The molecule has 0 unspecified atom stereocenters. The van der Waals surface area contributed by atoms with Crippen molar-refractivity contribution in [3.05, 3.63) is 78.1 Å². The average molecular weight is 715 g/mol. The first-order valence-corrected chi connectivity index (χ1v) is 17.7. The van der Waals surface area contributed by atoms with Crippen LogP contribution in [0, 0.1) is 0 Å². The van der Waals surface area contributed by atoms with E-state index in [9.17, 15) is 30.0 Å². The average Bonchev–Trinajstić information content (AvgIpc) is 3.96. The second-order valence-electron chi connectivity index (χ2n) is 14.1. The van der Waals surface area contributed by atoms with Gasteiger partial charge in [-0.25, -0.2) is 9.78 Å². The second-order valence-corrected chi connectivity index (χ2v) is 14.1. The summed E-state index contributed by atoms with van der Waals surface area (Å²) in [6.07, 6.45) is 0.697. The standard InChI is InChI=1S/C36H46N10O6/c1-44-14-12-24(17-44)39-35(51)40-25-13-15-45(18-25)34-42-32(37-20-36(52,22-8-4-2-5-9-22)23-10-6-3-7-11-23)29-33(43-34)46(21-38-29)27-16-26(30(49)31(27)50)41-28(48)19-47/h2-11,21,24-27,30-31,47,49-50,52H,12-20H2,1H3,(H,41,48)(H,37,42,43)(H2,39,40,51)/t24-,25-,26+,27-,30-,31+/m1/s1. The van der Waals surface area contributed by atoms with Gasteiger partial charge in [0.1, 0.15) is 24.4 Å². The van der Waals surface area contributed by atoms with E-state index in [4.69, 9.17) is 9.97 Å². The van der Waals surface area contributed by atoms with Crippen molar-refractivity contribution in [1.82, 2.24) is 40.4 Å². The summed E-state index contributed by atoms with van der Waals surface area (Å²) in [5.41, 5.74) is 0.669. The number of nitrogens with one attached hydrogen (secondary N) is 4. The molecule has 2 saturated heterocycles. The molecule has 8 N–H and O–H groups in total. The number of hydrogen-bond donors (Lipinski definition) is 8. The van der Waals surface area contributed by atoms with E-state index in [1.807, 2.05) is 72.6 Å². The molecule has 3 fully saturated rings. The van der Waals surface area contributed by atoms with Crippen LogP contribution in [0.1, 0.15) is 36.4 Å². The van der Waals surface area contributed by atoms with E-state index in [1.165, 1.54) is 6.33 Å². The van der Waals surface area contributed by atoms with E-state index in [0.717, 1.165) is 19.5 Å². The highest BCUT2D eigenvalue weighted by atomic mass is 16.3. The number of anilines is 2. The van der Waals surface area contributed by atoms with Crippen molar-refractivity contribution in [3.63, 3.8) is 0 Å². The Morgan fingerprint density at radius 3 is 2.17 bits per heavy atom. The van der Waals surface area contributed by atoms with Crippen LogP contribution in [0.3, 0.4) is 0 Å². The SMILES string of the molecule is CN1CC[C@@H](NC(=O)N[C@@H]2CCN(c3nc(NCC(O)(c4ccccc4)c4ccccc4)c4ncn([C@@H]5C[C@H](NC(=O)CO)[C@@H](O)[C@H]5O)c4n3)C2)C1. The topological polar surface area (TPSA) is 213 Å². The second kappa shape index (κ2) is 15.0. The van der Waals surface area contributed by atoms with Crippen molar-refractivity contribution in [1.29, 1.82) is 0 Å². The molecule has 0 spiro atoms. The monoisotopic (exact) mass is 714 g/mol. The fourth-order valence-corrected chi connectivity index (χ4v) is 7.63. The molecule has 3 amide bonds. The van der Waals surface area contributed by atoms with Gasteiger partial charge < -0.3 is 56.1 Å². The highest BCUT2D eigenvalue weighted by molar-refractivity contribution is 5.85. The first-order valence-electron chi connectivity index (χ1n) is 17.7. The third-order valence-electron chi connectivity index (χ3n) is 10.5. The first-order chi connectivity index (χ1) is 25.1. The van der Waals surface area contributed by atoms with Crippen LogP contribution in [0.5, 0.6) is 0 Å². The van der Waals surface area contributed by atoms with Crippen LogP contribution in [0.25, 0.3) is 11.2 Å². The molecule has 4 aromatic rings. The third kappa shape index (κ3) is 7.25. The van der Waals surface area contributed by atoms with Crippen LogP contribution in [0.15, 0.2) is 67.0 Å². The molecular formula is C36H46N10O6. The highest BCUT2D eigenvalue weighted by Gasteiger charge is 2.44. The molecule has 52 heavy (non-hydrogen) atoms. The van der Waals surface area contributed by atoms with Gasteiger partial charge in [-0.2, -0.15) is 9.97 Å². The summed E-state index contributed by atoms with van der Waals surface area (Å²) in [6, 6.07) is 16.9. The third-order valence-corrected chi connectivity index (χ3v) is 10.5. The summed E-state index contributed by atoms with van der Waals surface area (Å²) in [6.45, 7) is 2.06. The largest absolute Gasteiger partial charge is 0.388 e. The van der Waals surface area contributed by atoms with Gasteiger partial charge in [0.2, 0.25) is 11.9 Å². The highest BCUT2D eigenvalue weighted by Crippen LogP contribution is 2.36. The number of carbonyl (C=O) groups excluding carboxylic acids is 2. The van der Waals surface area contributed by atoms with Crippen molar-refractivity contribution in [2.24, 2.45) is 0 Å². The number of aromatic nitrogens is 4. The minimum atomic E-state index is -1.45. The molecule has 2 aromatic carbocycles. The number of likely N-dealkylation sites (tertiary alicyclic amines) is 1. The number of carbonyl (C=O) groups is 2. The van der Waals surface area contributed by atoms with Crippen LogP contribution in [-0.2, 0) is 10.4 Å². The van der Waals surface area contributed by atoms with Gasteiger partial charge in [0.25, 0.3) is 0 Å². The minimum Gasteiger partial charge on any atom is -0.388 e. The molecule has 7 rings (SSSR count). The fraction of sp³-hybridized carbons (Fsp3) is 0.472. The van der Waals surface area contributed by atoms with Gasteiger partial charge in [0.15, 0.2) is 17.0 Å². The lowest BCUT2D eigenvalue weighted by molar-refractivity contribution is -0.125. The molecule has 1 saturated carbocycles. The number of imidazole rings is 1. The van der Waals surface area contributed by atoms with Crippen molar-refractivity contribution >= 4 is 34.9 Å². The van der Waals surface area contributed by atoms with Crippen molar-refractivity contribution < 1.29 is 30.0 Å². The molecule has 1 aliphatic carbocycles. The van der Waals surface area contributed by atoms with Crippen LogP contribution in [0.2, 0.25) is 0 Å².